The highest BCUT2D eigenvalue weighted by Crippen LogP contribution is 2.57. The number of rotatable bonds is 0. The number of hydrogen-bond donors (Lipinski definition) is 2. The number of hydrogen-bond acceptors (Lipinski definition) is 2. The third kappa shape index (κ3) is 1.89. The van der Waals surface area contributed by atoms with Gasteiger partial charge in [-0.05, 0) is 51.2 Å². The maximum Gasteiger partial charge on any atom is 0.0104 e. The van der Waals surface area contributed by atoms with Gasteiger partial charge in [-0.25, -0.2) is 0 Å². The molecule has 0 radical (unpaired) electrons. The van der Waals surface area contributed by atoms with E-state index in [-0.39, 0.29) is 0 Å². The van der Waals surface area contributed by atoms with E-state index >= 15 is 0 Å². The van der Waals surface area contributed by atoms with Crippen LogP contribution in [0.3, 0.4) is 0 Å². The Kier molecular flexibility index (Phi) is 4.20. The second-order valence-electron chi connectivity index (χ2n) is 4.08. The fourth-order valence-corrected chi connectivity index (χ4v) is 2.83. The summed E-state index contributed by atoms with van der Waals surface area (Å²) < 4.78 is 0. The van der Waals surface area contributed by atoms with Crippen LogP contribution in [0.25, 0.3) is 0 Å². The quantitative estimate of drug-likeness (QED) is 0.596. The summed E-state index contributed by atoms with van der Waals surface area (Å²) in [7, 11) is 3.75. The molecule has 0 aromatic heterocycles. The lowest BCUT2D eigenvalue weighted by atomic mass is 9.53. The predicted octanol–water partition coefficient (Wildman–Crippen LogP) is 1.48. The lowest BCUT2D eigenvalue weighted by Gasteiger charge is -2.52. The Labute approximate surface area is 82.5 Å². The zero-order valence-electron chi connectivity index (χ0n) is 9.43. The normalized spacial score (nSPS) is 42.5. The largest absolute Gasteiger partial charge is 0.323 e. The smallest absolute Gasteiger partial charge is 0.0104 e. The van der Waals surface area contributed by atoms with Crippen molar-refractivity contribution in [1.29, 1.82) is 0 Å². The van der Waals surface area contributed by atoms with Crippen molar-refractivity contribution in [2.75, 3.05) is 20.6 Å². The first-order valence-corrected chi connectivity index (χ1v) is 5.68. The average molecular weight is 184 g/mol. The molecule has 3 aliphatic rings. The van der Waals surface area contributed by atoms with Gasteiger partial charge in [0.25, 0.3) is 0 Å². The van der Waals surface area contributed by atoms with E-state index in [1.165, 1.54) is 18.9 Å². The summed E-state index contributed by atoms with van der Waals surface area (Å²) in [5.41, 5.74) is 0. The van der Waals surface area contributed by atoms with Gasteiger partial charge < -0.3 is 10.6 Å². The van der Waals surface area contributed by atoms with Crippen LogP contribution in [0, 0.1) is 17.8 Å². The van der Waals surface area contributed by atoms with Gasteiger partial charge in [0.15, 0.2) is 0 Å². The van der Waals surface area contributed by atoms with Crippen molar-refractivity contribution < 1.29 is 0 Å². The van der Waals surface area contributed by atoms with Crippen LogP contribution < -0.4 is 10.6 Å². The van der Waals surface area contributed by atoms with Gasteiger partial charge >= 0.3 is 0 Å². The molecule has 1 saturated heterocycles. The zero-order chi connectivity index (χ0) is 9.84. The van der Waals surface area contributed by atoms with Gasteiger partial charge in [-0.1, -0.05) is 13.8 Å². The third-order valence-electron chi connectivity index (χ3n) is 3.36. The van der Waals surface area contributed by atoms with Gasteiger partial charge in [-0.15, -0.1) is 0 Å². The molecule has 0 aromatic rings. The van der Waals surface area contributed by atoms with Crippen molar-refractivity contribution in [3.05, 3.63) is 0 Å². The van der Waals surface area contributed by atoms with E-state index in [9.17, 15) is 0 Å². The van der Waals surface area contributed by atoms with Crippen LogP contribution >= 0.6 is 0 Å². The second kappa shape index (κ2) is 4.97. The molecule has 4 unspecified atom stereocenters. The monoisotopic (exact) mass is 184 g/mol. The number of nitrogens with one attached hydrogen (secondary N) is 2. The van der Waals surface area contributed by atoms with E-state index in [0.717, 1.165) is 17.9 Å². The maximum atomic E-state index is 3.55. The molecule has 2 saturated carbocycles. The molecule has 78 valence electrons. The molecule has 2 heteroatoms. The molecule has 1 heterocycles. The van der Waals surface area contributed by atoms with Crippen molar-refractivity contribution in [3.63, 3.8) is 0 Å². The molecule has 3 fully saturated rings. The zero-order valence-corrected chi connectivity index (χ0v) is 9.43. The molecular formula is C11H24N2. The van der Waals surface area contributed by atoms with E-state index < -0.39 is 0 Å². The summed E-state index contributed by atoms with van der Waals surface area (Å²) in [5, 5.41) is 6.30. The summed E-state index contributed by atoms with van der Waals surface area (Å²) in [4.78, 5) is 0. The Morgan fingerprint density at radius 3 is 2.08 bits per heavy atom. The van der Waals surface area contributed by atoms with Crippen LogP contribution in [0.4, 0.5) is 0 Å². The van der Waals surface area contributed by atoms with E-state index in [0.29, 0.717) is 0 Å². The molecule has 0 amide bonds. The topological polar surface area (TPSA) is 24.1 Å². The second-order valence-corrected chi connectivity index (χ2v) is 4.08. The lowest BCUT2D eigenvalue weighted by molar-refractivity contribution is -0.00198. The summed E-state index contributed by atoms with van der Waals surface area (Å²) >= 11 is 0. The molecule has 0 bridgehead atoms. The third-order valence-corrected chi connectivity index (χ3v) is 3.36. The van der Waals surface area contributed by atoms with E-state index in [1.807, 2.05) is 27.9 Å². The van der Waals surface area contributed by atoms with Crippen molar-refractivity contribution >= 4 is 0 Å². The minimum absolute atomic E-state index is 0.971. The standard InChI is InChI=1S/C7H11N.C2H7N.C2H6/c1-4-2-6-7(4)5(1)3-8-6;1-3-2;1-2/h4-8H,1-3H2;3H,1-2H3;1-2H3. The SMILES string of the molecule is C1NC2CC3CC1C32.CC.CNC. The minimum Gasteiger partial charge on any atom is -0.323 e. The van der Waals surface area contributed by atoms with Gasteiger partial charge in [-0.2, -0.15) is 0 Å². The van der Waals surface area contributed by atoms with E-state index in [2.05, 4.69) is 10.6 Å². The van der Waals surface area contributed by atoms with Gasteiger partial charge in [0.2, 0.25) is 0 Å². The van der Waals surface area contributed by atoms with Crippen molar-refractivity contribution in [2.45, 2.75) is 32.7 Å². The van der Waals surface area contributed by atoms with Crippen LogP contribution in [0.15, 0.2) is 0 Å². The van der Waals surface area contributed by atoms with Crippen LogP contribution in [0.2, 0.25) is 0 Å². The first-order chi connectivity index (χ1) is 6.36. The highest BCUT2D eigenvalue weighted by atomic mass is 15.0. The molecule has 2 N–H and O–H groups in total. The van der Waals surface area contributed by atoms with Crippen molar-refractivity contribution in [2.24, 2.45) is 17.8 Å². The predicted molar refractivity (Wildman–Crippen MR) is 57.8 cm³/mol. The highest BCUT2D eigenvalue weighted by molar-refractivity contribution is 5.10. The summed E-state index contributed by atoms with van der Waals surface area (Å²) in [5.74, 6) is 3.42. The lowest BCUT2D eigenvalue weighted by Crippen LogP contribution is -2.51. The molecule has 0 aromatic carbocycles. The van der Waals surface area contributed by atoms with Crippen LogP contribution in [-0.4, -0.2) is 26.7 Å². The average Bonchev–Trinajstić information content (AvgIpc) is 2.33. The fraction of sp³-hybridized carbons (Fsp3) is 1.00. The molecule has 2 nitrogen and oxygen atoms in total. The summed E-state index contributed by atoms with van der Waals surface area (Å²) in [6, 6.07) is 0.971. The minimum atomic E-state index is 0.971. The van der Waals surface area contributed by atoms with Crippen molar-refractivity contribution in [3.8, 4) is 0 Å². The Balaban J connectivity index is 0.000000149. The van der Waals surface area contributed by atoms with Gasteiger partial charge in [0.1, 0.15) is 0 Å². The fourth-order valence-electron chi connectivity index (χ4n) is 2.83. The maximum absolute atomic E-state index is 3.55. The summed E-state index contributed by atoms with van der Waals surface area (Å²) in [6.07, 6.45) is 3.05. The molecule has 13 heavy (non-hydrogen) atoms. The first-order valence-electron chi connectivity index (χ1n) is 5.68. The van der Waals surface area contributed by atoms with E-state index in [4.69, 9.17) is 0 Å². The van der Waals surface area contributed by atoms with Crippen LogP contribution in [0.1, 0.15) is 26.7 Å². The Bertz CT molecular complexity index is 129. The highest BCUT2D eigenvalue weighted by Gasteiger charge is 2.57. The molecule has 4 atom stereocenters. The molecular weight excluding hydrogens is 160 g/mol. The Morgan fingerprint density at radius 2 is 1.69 bits per heavy atom. The molecule has 0 spiro atoms. The molecule has 3 rings (SSSR count). The Morgan fingerprint density at radius 1 is 1.08 bits per heavy atom. The molecule has 1 aliphatic heterocycles. The van der Waals surface area contributed by atoms with Gasteiger partial charge in [0.05, 0.1) is 0 Å². The van der Waals surface area contributed by atoms with Gasteiger partial charge in [-0.3, -0.25) is 0 Å². The first kappa shape index (κ1) is 11.0. The van der Waals surface area contributed by atoms with Crippen molar-refractivity contribution in [1.82, 2.24) is 10.6 Å². The Hall–Kier alpha value is -0.0800. The summed E-state index contributed by atoms with van der Waals surface area (Å²) in [6.45, 7) is 5.34. The molecule has 2 aliphatic carbocycles. The van der Waals surface area contributed by atoms with Gasteiger partial charge in [0, 0.05) is 6.04 Å². The van der Waals surface area contributed by atoms with E-state index in [1.54, 1.807) is 6.42 Å². The van der Waals surface area contributed by atoms with Crippen LogP contribution in [0.5, 0.6) is 0 Å². The van der Waals surface area contributed by atoms with Crippen LogP contribution in [-0.2, 0) is 0 Å².